The molecule has 114 valence electrons. The smallest absolute Gasteiger partial charge is 0.270 e. The number of nitrogens with zero attached hydrogens (tertiary/aromatic N) is 1. The number of fused-ring (bicyclic) bond motifs is 1. The van der Waals surface area contributed by atoms with E-state index in [0.717, 1.165) is 24.3 Å². The number of benzene rings is 1. The lowest BCUT2D eigenvalue weighted by atomic mass is 9.78. The predicted octanol–water partition coefficient (Wildman–Crippen LogP) is 2.59. The standard InChI is InChI=1S/C17H24N2O2/c1-16(2)15(20)19(3)13-10-12(6-7-14(13)21-16)17(11-18)8-4-5-9-17/h6-7,10H,4-5,8-9,11,18H2,1-3H3. The fourth-order valence-corrected chi connectivity index (χ4v) is 3.69. The van der Waals surface area contributed by atoms with Crippen molar-refractivity contribution in [2.45, 2.75) is 50.5 Å². The van der Waals surface area contributed by atoms with E-state index in [-0.39, 0.29) is 11.3 Å². The number of rotatable bonds is 2. The Bertz CT molecular complexity index is 574. The molecule has 4 heteroatoms. The average molecular weight is 288 g/mol. The van der Waals surface area contributed by atoms with Crippen LogP contribution in [0.15, 0.2) is 18.2 Å². The summed E-state index contributed by atoms with van der Waals surface area (Å²) in [6, 6.07) is 6.21. The van der Waals surface area contributed by atoms with Gasteiger partial charge in [-0.2, -0.15) is 0 Å². The Kier molecular flexibility index (Phi) is 3.24. The molecule has 0 spiro atoms. The van der Waals surface area contributed by atoms with Crippen LogP contribution in [0.3, 0.4) is 0 Å². The summed E-state index contributed by atoms with van der Waals surface area (Å²) in [7, 11) is 1.82. The molecule has 0 unspecified atom stereocenters. The van der Waals surface area contributed by atoms with E-state index < -0.39 is 5.60 Å². The van der Waals surface area contributed by atoms with Crippen molar-refractivity contribution in [1.82, 2.24) is 0 Å². The predicted molar refractivity (Wildman–Crippen MR) is 83.8 cm³/mol. The van der Waals surface area contributed by atoms with Crippen LogP contribution in [0.2, 0.25) is 0 Å². The Morgan fingerprint density at radius 2 is 1.95 bits per heavy atom. The van der Waals surface area contributed by atoms with E-state index in [0.29, 0.717) is 6.54 Å². The lowest BCUT2D eigenvalue weighted by Gasteiger charge is -2.38. The molecular formula is C17H24N2O2. The van der Waals surface area contributed by atoms with Gasteiger partial charge in [0.15, 0.2) is 5.60 Å². The zero-order valence-electron chi connectivity index (χ0n) is 13.1. The second-order valence-electron chi connectivity index (χ2n) is 6.85. The molecule has 2 N–H and O–H groups in total. The maximum absolute atomic E-state index is 12.4. The lowest BCUT2D eigenvalue weighted by molar-refractivity contribution is -0.132. The average Bonchev–Trinajstić information content (AvgIpc) is 2.94. The van der Waals surface area contributed by atoms with Crippen molar-refractivity contribution in [2.24, 2.45) is 5.73 Å². The molecule has 1 aromatic rings. The van der Waals surface area contributed by atoms with Gasteiger partial charge in [-0.15, -0.1) is 0 Å². The van der Waals surface area contributed by atoms with Gasteiger partial charge >= 0.3 is 0 Å². The fraction of sp³-hybridized carbons (Fsp3) is 0.588. The number of nitrogens with two attached hydrogens (primary N) is 1. The monoisotopic (exact) mass is 288 g/mol. The highest BCUT2D eigenvalue weighted by molar-refractivity contribution is 6.02. The fourth-order valence-electron chi connectivity index (χ4n) is 3.69. The summed E-state index contributed by atoms with van der Waals surface area (Å²) in [5, 5.41) is 0. The minimum atomic E-state index is -0.803. The number of amides is 1. The first-order valence-corrected chi connectivity index (χ1v) is 7.71. The highest BCUT2D eigenvalue weighted by Crippen LogP contribution is 2.44. The number of hydrogen-bond acceptors (Lipinski definition) is 3. The highest BCUT2D eigenvalue weighted by Gasteiger charge is 2.41. The van der Waals surface area contributed by atoms with Gasteiger partial charge in [0.2, 0.25) is 0 Å². The Balaban J connectivity index is 2.05. The summed E-state index contributed by atoms with van der Waals surface area (Å²) >= 11 is 0. The van der Waals surface area contributed by atoms with Crippen LogP contribution in [0.25, 0.3) is 0 Å². The van der Waals surface area contributed by atoms with Crippen LogP contribution in [0.1, 0.15) is 45.1 Å². The third-order valence-electron chi connectivity index (χ3n) is 5.07. The summed E-state index contributed by atoms with van der Waals surface area (Å²) in [5.41, 5.74) is 7.44. The Morgan fingerprint density at radius 3 is 2.57 bits per heavy atom. The Labute approximate surface area is 126 Å². The van der Waals surface area contributed by atoms with E-state index in [9.17, 15) is 4.79 Å². The molecule has 0 aromatic heterocycles. The van der Waals surface area contributed by atoms with E-state index in [2.05, 4.69) is 12.1 Å². The van der Waals surface area contributed by atoms with Gasteiger partial charge < -0.3 is 15.4 Å². The molecule has 0 saturated heterocycles. The first-order valence-electron chi connectivity index (χ1n) is 7.71. The van der Waals surface area contributed by atoms with Crippen LogP contribution in [0.4, 0.5) is 5.69 Å². The van der Waals surface area contributed by atoms with Gasteiger partial charge in [0.1, 0.15) is 5.75 Å². The molecule has 3 rings (SSSR count). The quantitative estimate of drug-likeness (QED) is 0.910. The van der Waals surface area contributed by atoms with Gasteiger partial charge in [-0.05, 0) is 44.4 Å². The third-order valence-corrected chi connectivity index (χ3v) is 5.07. The number of carbonyl (C=O) groups excluding carboxylic acids is 1. The van der Waals surface area contributed by atoms with Crippen LogP contribution >= 0.6 is 0 Å². The SMILES string of the molecule is CN1C(=O)C(C)(C)Oc2ccc(C3(CN)CCCC3)cc21. The molecule has 1 amide bonds. The minimum absolute atomic E-state index is 0.0135. The van der Waals surface area contributed by atoms with E-state index in [1.165, 1.54) is 18.4 Å². The second-order valence-corrected chi connectivity index (χ2v) is 6.85. The van der Waals surface area contributed by atoms with Crippen LogP contribution in [-0.2, 0) is 10.2 Å². The number of likely N-dealkylation sites (N-methyl/N-ethyl adjacent to an activating group) is 1. The summed E-state index contributed by atoms with van der Waals surface area (Å²) in [6.45, 7) is 4.28. The number of anilines is 1. The topological polar surface area (TPSA) is 55.6 Å². The van der Waals surface area contributed by atoms with Crippen LogP contribution < -0.4 is 15.4 Å². The molecule has 0 bridgehead atoms. The molecule has 0 radical (unpaired) electrons. The molecule has 1 heterocycles. The van der Waals surface area contributed by atoms with Crippen molar-refractivity contribution in [3.8, 4) is 5.75 Å². The highest BCUT2D eigenvalue weighted by atomic mass is 16.5. The largest absolute Gasteiger partial charge is 0.476 e. The number of ether oxygens (including phenoxy) is 1. The molecule has 4 nitrogen and oxygen atoms in total. The van der Waals surface area contributed by atoms with E-state index in [1.807, 2.05) is 13.1 Å². The van der Waals surface area contributed by atoms with Gasteiger partial charge in [-0.1, -0.05) is 18.9 Å². The number of carbonyl (C=O) groups is 1. The second kappa shape index (κ2) is 4.73. The molecule has 1 aliphatic carbocycles. The number of hydrogen-bond donors (Lipinski definition) is 1. The zero-order chi connectivity index (χ0) is 15.3. The maximum Gasteiger partial charge on any atom is 0.270 e. The van der Waals surface area contributed by atoms with E-state index in [1.54, 1.807) is 18.7 Å². The van der Waals surface area contributed by atoms with Crippen LogP contribution in [0.5, 0.6) is 5.75 Å². The van der Waals surface area contributed by atoms with Crippen molar-refractivity contribution in [3.05, 3.63) is 23.8 Å². The molecule has 1 aromatic carbocycles. The van der Waals surface area contributed by atoms with Crippen molar-refractivity contribution < 1.29 is 9.53 Å². The summed E-state index contributed by atoms with van der Waals surface area (Å²) in [4.78, 5) is 14.1. The summed E-state index contributed by atoms with van der Waals surface area (Å²) in [6.07, 6.45) is 4.72. The first kappa shape index (κ1) is 14.4. The Morgan fingerprint density at radius 1 is 1.29 bits per heavy atom. The minimum Gasteiger partial charge on any atom is -0.476 e. The van der Waals surface area contributed by atoms with E-state index in [4.69, 9.17) is 10.5 Å². The zero-order valence-corrected chi connectivity index (χ0v) is 13.1. The van der Waals surface area contributed by atoms with Crippen molar-refractivity contribution in [3.63, 3.8) is 0 Å². The van der Waals surface area contributed by atoms with Crippen molar-refractivity contribution >= 4 is 11.6 Å². The summed E-state index contributed by atoms with van der Waals surface area (Å²) < 4.78 is 5.86. The van der Waals surface area contributed by atoms with Crippen LogP contribution in [0, 0.1) is 0 Å². The van der Waals surface area contributed by atoms with Gasteiger partial charge in [-0.3, -0.25) is 4.79 Å². The van der Waals surface area contributed by atoms with Gasteiger partial charge in [0.25, 0.3) is 5.91 Å². The summed E-state index contributed by atoms with van der Waals surface area (Å²) in [5.74, 6) is 0.761. The van der Waals surface area contributed by atoms with E-state index >= 15 is 0 Å². The molecular weight excluding hydrogens is 264 g/mol. The third kappa shape index (κ3) is 2.13. The van der Waals surface area contributed by atoms with Gasteiger partial charge in [-0.25, -0.2) is 0 Å². The normalized spacial score (nSPS) is 22.9. The lowest BCUT2D eigenvalue weighted by Crippen LogP contribution is -2.51. The first-order chi connectivity index (χ1) is 9.89. The Hall–Kier alpha value is -1.55. The molecule has 1 saturated carbocycles. The molecule has 21 heavy (non-hydrogen) atoms. The van der Waals surface area contributed by atoms with Gasteiger partial charge in [0.05, 0.1) is 5.69 Å². The van der Waals surface area contributed by atoms with Crippen molar-refractivity contribution in [1.29, 1.82) is 0 Å². The maximum atomic E-state index is 12.4. The van der Waals surface area contributed by atoms with Crippen LogP contribution in [-0.4, -0.2) is 25.1 Å². The molecule has 1 aliphatic heterocycles. The molecule has 2 aliphatic rings. The molecule has 1 fully saturated rings. The molecule has 0 atom stereocenters. The van der Waals surface area contributed by atoms with Crippen molar-refractivity contribution in [2.75, 3.05) is 18.5 Å². The van der Waals surface area contributed by atoms with Gasteiger partial charge in [0, 0.05) is 19.0 Å².